The second kappa shape index (κ2) is 7.59. The van der Waals surface area contributed by atoms with Crippen LogP contribution in [-0.4, -0.2) is 54.1 Å². The van der Waals surface area contributed by atoms with Crippen molar-refractivity contribution in [2.45, 2.75) is 46.1 Å². The van der Waals surface area contributed by atoms with E-state index in [9.17, 15) is 0 Å². The molecule has 1 aliphatic heterocycles. The number of hydrogen-bond donors (Lipinski definition) is 1. The molecule has 1 N–H and O–H groups in total. The van der Waals surface area contributed by atoms with E-state index in [1.807, 2.05) is 0 Å². The summed E-state index contributed by atoms with van der Waals surface area (Å²) in [6.45, 7) is 10.8. The Morgan fingerprint density at radius 1 is 1.29 bits per heavy atom. The van der Waals surface area contributed by atoms with E-state index in [1.165, 1.54) is 6.42 Å². The van der Waals surface area contributed by atoms with Crippen LogP contribution in [0.4, 0.5) is 11.6 Å². The fourth-order valence-electron chi connectivity index (χ4n) is 2.84. The molecule has 0 spiro atoms. The van der Waals surface area contributed by atoms with Crippen LogP contribution in [0.15, 0.2) is 6.07 Å². The van der Waals surface area contributed by atoms with Crippen molar-refractivity contribution in [3.8, 4) is 0 Å². The minimum Gasteiger partial charge on any atom is -0.370 e. The number of rotatable bonds is 5. The first-order chi connectivity index (χ1) is 10.1. The van der Waals surface area contributed by atoms with Gasteiger partial charge in [0.05, 0.1) is 0 Å². The van der Waals surface area contributed by atoms with E-state index in [1.54, 1.807) is 0 Å². The van der Waals surface area contributed by atoms with E-state index in [2.05, 4.69) is 54.0 Å². The van der Waals surface area contributed by atoms with Crippen LogP contribution in [0.2, 0.25) is 0 Å². The Balaban J connectivity index is 2.23. The van der Waals surface area contributed by atoms with Gasteiger partial charge in [-0.25, -0.2) is 9.97 Å². The number of aromatic nitrogens is 2. The largest absolute Gasteiger partial charge is 0.370 e. The molecule has 1 fully saturated rings. The van der Waals surface area contributed by atoms with Gasteiger partial charge in [-0.3, -0.25) is 0 Å². The number of nitrogens with zero attached hydrogens (tertiary/aromatic N) is 4. The predicted octanol–water partition coefficient (Wildman–Crippen LogP) is 2.39. The molecular formula is C16H29N5. The van der Waals surface area contributed by atoms with Gasteiger partial charge in [0.2, 0.25) is 0 Å². The van der Waals surface area contributed by atoms with Gasteiger partial charge in [0.1, 0.15) is 17.5 Å². The Kier molecular flexibility index (Phi) is 5.79. The summed E-state index contributed by atoms with van der Waals surface area (Å²) in [6.07, 6.45) is 3.16. The van der Waals surface area contributed by atoms with Crippen LogP contribution in [0.5, 0.6) is 0 Å². The molecule has 0 aliphatic carbocycles. The number of aryl methyl sites for hydroxylation is 1. The van der Waals surface area contributed by atoms with Gasteiger partial charge in [-0.05, 0) is 33.4 Å². The maximum Gasteiger partial charge on any atom is 0.134 e. The zero-order chi connectivity index (χ0) is 15.2. The summed E-state index contributed by atoms with van der Waals surface area (Å²) in [7, 11) is 2.20. The number of likely N-dealkylation sites (N-methyl/N-ethyl adjacent to an activating group) is 1. The molecule has 0 amide bonds. The molecule has 0 aromatic carbocycles. The highest BCUT2D eigenvalue weighted by Gasteiger charge is 2.21. The molecule has 5 heteroatoms. The maximum absolute atomic E-state index is 4.76. The van der Waals surface area contributed by atoms with Gasteiger partial charge in [-0.15, -0.1) is 0 Å². The topological polar surface area (TPSA) is 44.3 Å². The molecular weight excluding hydrogens is 262 g/mol. The van der Waals surface area contributed by atoms with Crippen LogP contribution in [0.25, 0.3) is 0 Å². The van der Waals surface area contributed by atoms with Crippen LogP contribution in [0.3, 0.4) is 0 Å². The smallest absolute Gasteiger partial charge is 0.134 e. The average Bonchev–Trinajstić information content (AvgIpc) is 2.65. The fourth-order valence-corrected chi connectivity index (χ4v) is 2.84. The highest BCUT2D eigenvalue weighted by molar-refractivity contribution is 5.50. The molecule has 1 atom stereocenters. The molecule has 0 radical (unpaired) electrons. The monoisotopic (exact) mass is 291 g/mol. The van der Waals surface area contributed by atoms with Gasteiger partial charge >= 0.3 is 0 Å². The summed E-state index contributed by atoms with van der Waals surface area (Å²) in [5, 5.41) is 3.40. The first kappa shape index (κ1) is 16.0. The lowest BCUT2D eigenvalue weighted by Gasteiger charge is -2.29. The molecule has 1 aromatic heterocycles. The molecule has 2 rings (SSSR count). The second-order valence-corrected chi connectivity index (χ2v) is 5.97. The van der Waals surface area contributed by atoms with Gasteiger partial charge in [0.15, 0.2) is 0 Å². The SMILES string of the molecule is CCCNc1cc(N2CCCN(C)CC2C)nc(CC)n1. The van der Waals surface area contributed by atoms with Crippen LogP contribution >= 0.6 is 0 Å². The maximum atomic E-state index is 4.76. The van der Waals surface area contributed by atoms with E-state index in [0.717, 1.165) is 56.5 Å². The Hall–Kier alpha value is -1.36. The third-order valence-electron chi connectivity index (χ3n) is 3.97. The Morgan fingerprint density at radius 3 is 2.81 bits per heavy atom. The third-order valence-corrected chi connectivity index (χ3v) is 3.97. The second-order valence-electron chi connectivity index (χ2n) is 5.97. The normalized spacial score (nSPS) is 20.4. The van der Waals surface area contributed by atoms with E-state index in [4.69, 9.17) is 4.98 Å². The molecule has 0 bridgehead atoms. The highest BCUT2D eigenvalue weighted by Crippen LogP contribution is 2.21. The average molecular weight is 291 g/mol. The molecule has 0 saturated carbocycles. The van der Waals surface area contributed by atoms with Crippen molar-refractivity contribution >= 4 is 11.6 Å². The van der Waals surface area contributed by atoms with E-state index in [-0.39, 0.29) is 0 Å². The van der Waals surface area contributed by atoms with E-state index >= 15 is 0 Å². The minimum atomic E-state index is 0.483. The van der Waals surface area contributed by atoms with Crippen LogP contribution < -0.4 is 10.2 Å². The quantitative estimate of drug-likeness (QED) is 0.902. The van der Waals surface area contributed by atoms with Gasteiger partial charge in [-0.1, -0.05) is 13.8 Å². The van der Waals surface area contributed by atoms with Gasteiger partial charge < -0.3 is 15.1 Å². The lowest BCUT2D eigenvalue weighted by molar-refractivity contribution is 0.337. The lowest BCUT2D eigenvalue weighted by atomic mass is 10.2. The van der Waals surface area contributed by atoms with Gasteiger partial charge in [-0.2, -0.15) is 0 Å². The summed E-state index contributed by atoms with van der Waals surface area (Å²) in [5.74, 6) is 2.96. The van der Waals surface area contributed by atoms with Crippen LogP contribution in [0, 0.1) is 0 Å². The Labute approximate surface area is 128 Å². The molecule has 118 valence electrons. The lowest BCUT2D eigenvalue weighted by Crippen LogP contribution is -2.38. The van der Waals surface area contributed by atoms with Crippen LogP contribution in [-0.2, 0) is 6.42 Å². The standard InChI is InChI=1S/C16H29N5/c1-5-8-17-15-11-16(19-14(6-2)18-15)21-10-7-9-20(4)12-13(21)3/h11,13H,5-10,12H2,1-4H3,(H,17,18,19). The Bertz CT molecular complexity index is 448. The van der Waals surface area contributed by atoms with Gasteiger partial charge in [0.25, 0.3) is 0 Å². The number of hydrogen-bond acceptors (Lipinski definition) is 5. The summed E-state index contributed by atoms with van der Waals surface area (Å²) in [6, 6.07) is 2.59. The first-order valence-electron chi connectivity index (χ1n) is 8.21. The van der Waals surface area contributed by atoms with Crippen molar-refractivity contribution in [3.63, 3.8) is 0 Å². The van der Waals surface area contributed by atoms with E-state index in [0.29, 0.717) is 6.04 Å². The molecule has 1 saturated heterocycles. The molecule has 1 unspecified atom stereocenters. The first-order valence-corrected chi connectivity index (χ1v) is 8.21. The zero-order valence-electron chi connectivity index (χ0n) is 13.9. The number of anilines is 2. The zero-order valence-corrected chi connectivity index (χ0v) is 13.9. The summed E-state index contributed by atoms with van der Waals surface area (Å²) in [4.78, 5) is 14.2. The number of nitrogens with one attached hydrogen (secondary N) is 1. The summed E-state index contributed by atoms with van der Waals surface area (Å²) in [5.41, 5.74) is 0. The van der Waals surface area contributed by atoms with Crippen molar-refractivity contribution in [1.82, 2.24) is 14.9 Å². The van der Waals surface area contributed by atoms with Crippen molar-refractivity contribution in [2.24, 2.45) is 0 Å². The fraction of sp³-hybridized carbons (Fsp3) is 0.750. The van der Waals surface area contributed by atoms with Crippen molar-refractivity contribution < 1.29 is 0 Å². The minimum absolute atomic E-state index is 0.483. The van der Waals surface area contributed by atoms with Crippen molar-refractivity contribution in [2.75, 3.05) is 43.4 Å². The predicted molar refractivity (Wildman–Crippen MR) is 89.1 cm³/mol. The summed E-state index contributed by atoms with van der Waals surface area (Å²) >= 11 is 0. The molecule has 2 heterocycles. The van der Waals surface area contributed by atoms with E-state index < -0.39 is 0 Å². The van der Waals surface area contributed by atoms with Gasteiger partial charge in [0, 0.05) is 38.2 Å². The highest BCUT2D eigenvalue weighted by atomic mass is 15.3. The van der Waals surface area contributed by atoms with Crippen LogP contribution in [0.1, 0.15) is 39.4 Å². The Morgan fingerprint density at radius 2 is 2.10 bits per heavy atom. The molecule has 1 aliphatic rings. The van der Waals surface area contributed by atoms with Crippen molar-refractivity contribution in [1.29, 1.82) is 0 Å². The molecule has 1 aromatic rings. The molecule has 21 heavy (non-hydrogen) atoms. The summed E-state index contributed by atoms with van der Waals surface area (Å²) < 4.78 is 0. The van der Waals surface area contributed by atoms with Crippen molar-refractivity contribution in [3.05, 3.63) is 11.9 Å². The molecule has 5 nitrogen and oxygen atoms in total. The third kappa shape index (κ3) is 4.30.